The first-order chi connectivity index (χ1) is 27.2. The van der Waals surface area contributed by atoms with E-state index in [1.807, 2.05) is 30.3 Å². The number of benzene rings is 7. The molecule has 11 rings (SSSR count). The van der Waals surface area contributed by atoms with E-state index in [1.54, 1.807) is 0 Å². The molecule has 5 nitrogen and oxygen atoms in total. The molecule has 5 heteroatoms. The average molecular weight is 726 g/mol. The van der Waals surface area contributed by atoms with Gasteiger partial charge in [-0.25, -0.2) is 15.0 Å². The van der Waals surface area contributed by atoms with Crippen molar-refractivity contribution in [1.29, 1.82) is 0 Å². The molecule has 3 heterocycles. The molecule has 1 aliphatic rings. The molecule has 0 saturated carbocycles. The summed E-state index contributed by atoms with van der Waals surface area (Å²) >= 11 is 0. The lowest BCUT2D eigenvalue weighted by Gasteiger charge is -2.42. The Morgan fingerprint density at radius 2 is 1.07 bits per heavy atom. The van der Waals surface area contributed by atoms with Gasteiger partial charge in [0.05, 0.1) is 0 Å². The number of rotatable bonds is 4. The van der Waals surface area contributed by atoms with Crippen LogP contribution in [0.3, 0.4) is 0 Å². The van der Waals surface area contributed by atoms with E-state index in [9.17, 15) is 0 Å². The fourth-order valence-corrected chi connectivity index (χ4v) is 8.96. The molecule has 0 N–H and O–H groups in total. The Labute approximate surface area is 324 Å². The highest BCUT2D eigenvalue weighted by molar-refractivity contribution is 6.12. The number of nitrogens with zero attached hydrogens (tertiary/aromatic N) is 3. The second-order valence-electron chi connectivity index (χ2n) is 16.7. The van der Waals surface area contributed by atoms with Gasteiger partial charge < -0.3 is 8.83 Å². The number of furan rings is 2. The second kappa shape index (κ2) is 12.0. The van der Waals surface area contributed by atoms with Crippen LogP contribution in [0.2, 0.25) is 0 Å². The van der Waals surface area contributed by atoms with Crippen LogP contribution in [0.25, 0.3) is 99.9 Å². The van der Waals surface area contributed by atoms with E-state index in [-0.39, 0.29) is 10.8 Å². The van der Waals surface area contributed by atoms with Gasteiger partial charge in [0.1, 0.15) is 22.3 Å². The van der Waals surface area contributed by atoms with Crippen LogP contribution in [0, 0.1) is 0 Å². The maximum atomic E-state index is 6.83. The Morgan fingerprint density at radius 3 is 1.93 bits per heavy atom. The minimum Gasteiger partial charge on any atom is -0.456 e. The Bertz CT molecular complexity index is 3220. The highest BCUT2D eigenvalue weighted by Gasteiger charge is 2.37. The smallest absolute Gasteiger partial charge is 0.164 e. The van der Waals surface area contributed by atoms with Gasteiger partial charge >= 0.3 is 0 Å². The number of fused-ring (bicyclic) bond motifs is 8. The molecule has 0 unspecified atom stereocenters. The van der Waals surface area contributed by atoms with Crippen molar-refractivity contribution in [2.45, 2.75) is 51.4 Å². The average Bonchev–Trinajstić information content (AvgIpc) is 3.80. The first-order valence-corrected chi connectivity index (χ1v) is 19.5. The first-order valence-electron chi connectivity index (χ1n) is 19.5. The number of hydrogen-bond acceptors (Lipinski definition) is 5. The minimum atomic E-state index is 0.114. The summed E-state index contributed by atoms with van der Waals surface area (Å²) in [5, 5.41) is 6.45. The zero-order chi connectivity index (χ0) is 37.8. The fraction of sp³-hybridized carbons (Fsp3) is 0.157. The molecule has 0 aliphatic heterocycles. The van der Waals surface area contributed by atoms with Crippen LogP contribution >= 0.6 is 0 Å². The van der Waals surface area contributed by atoms with Gasteiger partial charge in [-0.2, -0.15) is 0 Å². The van der Waals surface area contributed by atoms with Crippen LogP contribution in [-0.2, 0) is 10.8 Å². The summed E-state index contributed by atoms with van der Waals surface area (Å²) in [4.78, 5) is 15.5. The lowest BCUT2D eigenvalue weighted by atomic mass is 9.63. The van der Waals surface area contributed by atoms with Gasteiger partial charge in [-0.3, -0.25) is 0 Å². The monoisotopic (exact) mass is 725 g/mol. The van der Waals surface area contributed by atoms with Crippen molar-refractivity contribution >= 4 is 54.6 Å². The van der Waals surface area contributed by atoms with E-state index >= 15 is 0 Å². The summed E-state index contributed by atoms with van der Waals surface area (Å²) in [5.41, 5.74) is 11.4. The topological polar surface area (TPSA) is 65.0 Å². The largest absolute Gasteiger partial charge is 0.456 e. The number of para-hydroxylation sites is 2. The molecular weight excluding hydrogens is 687 g/mol. The molecule has 0 amide bonds. The Kier molecular flexibility index (Phi) is 7.00. The highest BCUT2D eigenvalue weighted by atomic mass is 16.3. The quantitative estimate of drug-likeness (QED) is 0.181. The Hall–Kier alpha value is -6.59. The van der Waals surface area contributed by atoms with Crippen molar-refractivity contribution in [2.24, 2.45) is 0 Å². The van der Waals surface area contributed by atoms with Gasteiger partial charge in [0.25, 0.3) is 0 Å². The van der Waals surface area contributed by atoms with Crippen LogP contribution in [-0.4, -0.2) is 15.0 Å². The van der Waals surface area contributed by atoms with Crippen molar-refractivity contribution < 1.29 is 8.83 Å². The first kappa shape index (κ1) is 32.8. The molecular formula is C51H39N3O2. The molecule has 3 aromatic heterocycles. The van der Waals surface area contributed by atoms with Gasteiger partial charge in [-0.1, -0.05) is 137 Å². The van der Waals surface area contributed by atoms with Crippen molar-refractivity contribution in [3.8, 4) is 45.3 Å². The van der Waals surface area contributed by atoms with Crippen molar-refractivity contribution in [3.05, 3.63) is 151 Å². The lowest BCUT2D eigenvalue weighted by Crippen LogP contribution is -2.33. The molecule has 0 bridgehead atoms. The third kappa shape index (κ3) is 5.11. The molecule has 0 spiro atoms. The van der Waals surface area contributed by atoms with Gasteiger partial charge in [0.2, 0.25) is 0 Å². The molecule has 56 heavy (non-hydrogen) atoms. The van der Waals surface area contributed by atoms with Gasteiger partial charge in [0, 0.05) is 43.8 Å². The predicted molar refractivity (Wildman–Crippen MR) is 229 cm³/mol. The summed E-state index contributed by atoms with van der Waals surface area (Å²) in [6, 6.07) is 48.8. The van der Waals surface area contributed by atoms with E-state index < -0.39 is 0 Å². The summed E-state index contributed by atoms with van der Waals surface area (Å²) in [7, 11) is 0. The van der Waals surface area contributed by atoms with E-state index in [0.29, 0.717) is 17.5 Å². The Morgan fingerprint density at radius 1 is 0.429 bits per heavy atom. The summed E-state index contributed by atoms with van der Waals surface area (Å²) < 4.78 is 13.1. The van der Waals surface area contributed by atoms with E-state index in [1.165, 1.54) is 29.5 Å². The molecule has 0 atom stereocenters. The third-order valence-electron chi connectivity index (χ3n) is 12.2. The minimum absolute atomic E-state index is 0.114. The Balaban J connectivity index is 1.09. The second-order valence-corrected chi connectivity index (χ2v) is 16.7. The van der Waals surface area contributed by atoms with Crippen LogP contribution in [0.5, 0.6) is 0 Å². The number of hydrogen-bond donors (Lipinski definition) is 0. The molecule has 270 valence electrons. The summed E-state index contributed by atoms with van der Waals surface area (Å²) in [6.07, 6.45) is 2.36. The van der Waals surface area contributed by atoms with Crippen LogP contribution in [0.15, 0.2) is 148 Å². The molecule has 7 aromatic carbocycles. The maximum absolute atomic E-state index is 6.83. The van der Waals surface area contributed by atoms with Crippen LogP contribution in [0.1, 0.15) is 51.7 Å². The van der Waals surface area contributed by atoms with Gasteiger partial charge in [0.15, 0.2) is 17.5 Å². The van der Waals surface area contributed by atoms with Crippen molar-refractivity contribution in [2.75, 3.05) is 0 Å². The predicted octanol–water partition coefficient (Wildman–Crippen LogP) is 13.8. The van der Waals surface area contributed by atoms with Crippen molar-refractivity contribution in [1.82, 2.24) is 15.0 Å². The highest BCUT2D eigenvalue weighted by Crippen LogP contribution is 2.48. The number of aromatic nitrogens is 3. The molecule has 0 saturated heterocycles. The maximum Gasteiger partial charge on any atom is 0.164 e. The van der Waals surface area contributed by atoms with E-state index in [4.69, 9.17) is 23.8 Å². The van der Waals surface area contributed by atoms with Crippen molar-refractivity contribution in [3.63, 3.8) is 0 Å². The molecule has 1 aliphatic carbocycles. The van der Waals surface area contributed by atoms with Crippen LogP contribution < -0.4 is 0 Å². The normalized spacial score (nSPS) is 14.9. The van der Waals surface area contributed by atoms with Gasteiger partial charge in [-0.05, 0) is 81.5 Å². The SMILES string of the molecule is CC1(C)CCC(C)(C)c2cc(-c3cccc4c3oc3cc(-c5nc(-c6ccc7ccccc7c6)nc(-c6cccc7oc8ccccc8c67)n5)ccc34)ccc21. The lowest BCUT2D eigenvalue weighted by molar-refractivity contribution is 0.332. The zero-order valence-electron chi connectivity index (χ0n) is 31.9. The van der Waals surface area contributed by atoms with E-state index in [0.717, 1.165) is 76.9 Å². The van der Waals surface area contributed by atoms with Crippen LogP contribution in [0.4, 0.5) is 0 Å². The standard InChI is InChI=1S/C51H39N3O2/c1-50(2)25-26-51(3,4)41-28-32(22-24-40(41)50)35-14-9-15-37-36-23-21-34(29-44(36)56-46(35)37)48-52-47(33-20-19-30-11-5-6-12-31(30)27-33)53-49(54-48)39-16-10-18-43-45(39)38-13-7-8-17-42(38)55-43/h5-24,27-29H,25-26H2,1-4H3. The van der Waals surface area contributed by atoms with Gasteiger partial charge in [-0.15, -0.1) is 0 Å². The molecule has 0 fully saturated rings. The zero-order valence-corrected chi connectivity index (χ0v) is 31.9. The van der Waals surface area contributed by atoms with E-state index in [2.05, 4.69) is 137 Å². The summed E-state index contributed by atoms with van der Waals surface area (Å²) in [5.74, 6) is 1.76. The molecule has 0 radical (unpaired) electrons. The molecule has 10 aromatic rings. The summed E-state index contributed by atoms with van der Waals surface area (Å²) in [6.45, 7) is 9.50. The third-order valence-corrected chi connectivity index (χ3v) is 12.2. The fourth-order valence-electron chi connectivity index (χ4n) is 8.96.